The van der Waals surface area contributed by atoms with Gasteiger partial charge in [0.2, 0.25) is 0 Å². The molecular formula is C23H36FN3O2. The molecule has 6 heteroatoms. The molecule has 0 bridgehead atoms. The molecule has 0 saturated carbocycles. The Hall–Kier alpha value is -1.82. The number of piperidine rings is 2. The lowest BCUT2D eigenvalue weighted by molar-refractivity contribution is -0.144. The first-order chi connectivity index (χ1) is 14.0. The summed E-state index contributed by atoms with van der Waals surface area (Å²) < 4.78 is 19.2. The highest BCUT2D eigenvalue weighted by Crippen LogP contribution is 2.30. The largest absolute Gasteiger partial charge is 0.465 e. The van der Waals surface area contributed by atoms with Crippen LogP contribution in [0.2, 0.25) is 0 Å². The molecule has 0 spiro atoms. The maximum absolute atomic E-state index is 14.1. The van der Waals surface area contributed by atoms with E-state index in [-0.39, 0.29) is 11.8 Å². The highest BCUT2D eigenvalue weighted by molar-refractivity contribution is 5.71. The number of rotatable bonds is 8. The van der Waals surface area contributed by atoms with Crippen molar-refractivity contribution in [2.24, 2.45) is 11.8 Å². The van der Waals surface area contributed by atoms with Crippen LogP contribution >= 0.6 is 0 Å². The fourth-order valence-electron chi connectivity index (χ4n) is 4.76. The number of carbonyl (C=O) groups excluding carboxylic acids is 1. The summed E-state index contributed by atoms with van der Waals surface area (Å²) in [6.07, 6.45) is 8.51. The molecule has 29 heavy (non-hydrogen) atoms. The topological polar surface area (TPSA) is 58.8 Å². The molecular weight excluding hydrogens is 369 g/mol. The highest BCUT2D eigenvalue weighted by atomic mass is 19.1. The van der Waals surface area contributed by atoms with Crippen molar-refractivity contribution in [3.05, 3.63) is 24.0 Å². The zero-order chi connectivity index (χ0) is 20.6. The van der Waals surface area contributed by atoms with Gasteiger partial charge in [-0.05, 0) is 75.7 Å². The second kappa shape index (κ2) is 10.8. The van der Waals surface area contributed by atoms with E-state index in [1.165, 1.54) is 38.2 Å². The van der Waals surface area contributed by atoms with Crippen LogP contribution in [0.25, 0.3) is 0 Å². The van der Waals surface area contributed by atoms with Crippen molar-refractivity contribution in [3.8, 4) is 0 Å². The molecule has 0 atom stereocenters. The number of esters is 1. The Morgan fingerprint density at radius 2 is 1.72 bits per heavy atom. The normalized spacial score (nSPS) is 19.4. The number of carbonyl (C=O) groups is 1. The Balaban J connectivity index is 1.30. The Kier molecular flexibility index (Phi) is 8.16. The van der Waals surface area contributed by atoms with E-state index in [0.29, 0.717) is 24.5 Å². The van der Waals surface area contributed by atoms with Gasteiger partial charge in [-0.1, -0.05) is 19.3 Å². The van der Waals surface area contributed by atoms with Crippen molar-refractivity contribution in [2.45, 2.75) is 51.9 Å². The van der Waals surface area contributed by atoms with Gasteiger partial charge in [0.25, 0.3) is 0 Å². The first kappa shape index (κ1) is 21.9. The smallest absolute Gasteiger partial charge is 0.320 e. The predicted molar refractivity (Wildman–Crippen MR) is 115 cm³/mol. The Bertz CT molecular complexity index is 654. The fraction of sp³-hybridized carbons (Fsp3) is 0.696. The van der Waals surface area contributed by atoms with E-state index < -0.39 is 0 Å². The van der Waals surface area contributed by atoms with Crippen LogP contribution in [0.4, 0.5) is 15.8 Å². The summed E-state index contributed by atoms with van der Waals surface area (Å²) >= 11 is 0. The first-order valence-electron chi connectivity index (χ1n) is 11.2. The van der Waals surface area contributed by atoms with Gasteiger partial charge >= 0.3 is 5.97 Å². The van der Waals surface area contributed by atoms with Crippen LogP contribution in [0.5, 0.6) is 0 Å². The van der Waals surface area contributed by atoms with Gasteiger partial charge in [0.05, 0.1) is 18.8 Å². The van der Waals surface area contributed by atoms with Crippen LogP contribution < -0.4 is 10.6 Å². The summed E-state index contributed by atoms with van der Waals surface area (Å²) in [5.41, 5.74) is 6.82. The summed E-state index contributed by atoms with van der Waals surface area (Å²) in [6, 6.07) is 5.00. The van der Waals surface area contributed by atoms with Crippen molar-refractivity contribution in [2.75, 3.05) is 50.0 Å². The van der Waals surface area contributed by atoms with Gasteiger partial charge in [0.1, 0.15) is 5.82 Å². The van der Waals surface area contributed by atoms with E-state index in [2.05, 4.69) is 9.80 Å². The molecule has 162 valence electrons. The minimum atomic E-state index is -0.210. The number of hydrogen-bond acceptors (Lipinski definition) is 5. The number of benzene rings is 1. The second-order valence-corrected chi connectivity index (χ2v) is 8.60. The van der Waals surface area contributed by atoms with Crippen molar-refractivity contribution in [1.82, 2.24) is 4.90 Å². The van der Waals surface area contributed by atoms with E-state index in [1.807, 2.05) is 6.92 Å². The van der Waals surface area contributed by atoms with Crippen LogP contribution in [0.15, 0.2) is 18.2 Å². The van der Waals surface area contributed by atoms with Crippen molar-refractivity contribution < 1.29 is 13.9 Å². The number of hydrogen-bond donors (Lipinski definition) is 1. The van der Waals surface area contributed by atoms with Crippen LogP contribution in [-0.2, 0) is 9.53 Å². The molecule has 2 aliphatic rings. The molecule has 2 saturated heterocycles. The van der Waals surface area contributed by atoms with Crippen LogP contribution in [0.3, 0.4) is 0 Å². The highest BCUT2D eigenvalue weighted by Gasteiger charge is 2.23. The average Bonchev–Trinajstić information content (AvgIpc) is 2.70. The second-order valence-electron chi connectivity index (χ2n) is 8.60. The van der Waals surface area contributed by atoms with Gasteiger partial charge in [0, 0.05) is 18.8 Å². The number of nitrogens with two attached hydrogens (primary N) is 1. The standard InChI is InChI=1S/C23H36FN3O2/c1-2-29-23(28)17-26-12-8-18(9-13-26)4-3-5-19-10-14-27(15-11-19)22-7-6-20(25)16-21(22)24/h6-7,16,18-19H,2-5,8-15,17,25H2,1H3. The van der Waals surface area contributed by atoms with Crippen molar-refractivity contribution in [1.29, 1.82) is 0 Å². The minimum absolute atomic E-state index is 0.101. The lowest BCUT2D eigenvalue weighted by atomic mass is 9.86. The van der Waals surface area contributed by atoms with Gasteiger partial charge in [-0.3, -0.25) is 9.69 Å². The molecule has 2 fully saturated rings. The van der Waals surface area contributed by atoms with Crippen LogP contribution in [-0.4, -0.2) is 50.2 Å². The lowest BCUT2D eigenvalue weighted by Gasteiger charge is -2.34. The minimum Gasteiger partial charge on any atom is -0.465 e. The molecule has 0 aromatic heterocycles. The zero-order valence-electron chi connectivity index (χ0n) is 17.7. The number of nitrogens with zero attached hydrogens (tertiary/aromatic N) is 2. The SMILES string of the molecule is CCOC(=O)CN1CCC(CCCC2CCN(c3ccc(N)cc3F)CC2)CC1. The molecule has 2 aliphatic heterocycles. The van der Waals surface area contributed by atoms with E-state index in [4.69, 9.17) is 10.5 Å². The van der Waals surface area contributed by atoms with Gasteiger partial charge in [-0.15, -0.1) is 0 Å². The van der Waals surface area contributed by atoms with Crippen molar-refractivity contribution in [3.63, 3.8) is 0 Å². The molecule has 3 rings (SSSR count). The van der Waals surface area contributed by atoms with Gasteiger partial charge < -0.3 is 15.4 Å². The summed E-state index contributed by atoms with van der Waals surface area (Å²) in [6.45, 7) is 6.63. The number of nitrogen functional groups attached to an aromatic ring is 1. The molecule has 1 aromatic carbocycles. The molecule has 0 unspecified atom stereocenters. The molecule has 0 amide bonds. The molecule has 1 aromatic rings. The Morgan fingerprint density at radius 1 is 1.10 bits per heavy atom. The summed E-state index contributed by atoms with van der Waals surface area (Å²) in [5, 5.41) is 0. The quantitative estimate of drug-likeness (QED) is 0.522. The molecule has 2 N–H and O–H groups in total. The summed E-state index contributed by atoms with van der Waals surface area (Å²) in [4.78, 5) is 16.0. The Labute approximate surface area is 174 Å². The van der Waals surface area contributed by atoms with E-state index >= 15 is 0 Å². The molecule has 0 radical (unpaired) electrons. The van der Waals surface area contributed by atoms with Gasteiger partial charge in [-0.2, -0.15) is 0 Å². The molecule has 5 nitrogen and oxygen atoms in total. The monoisotopic (exact) mass is 405 g/mol. The van der Waals surface area contributed by atoms with Crippen LogP contribution in [0.1, 0.15) is 51.9 Å². The van der Waals surface area contributed by atoms with Crippen molar-refractivity contribution >= 4 is 17.3 Å². The van der Waals surface area contributed by atoms with Gasteiger partial charge in [-0.25, -0.2) is 4.39 Å². The number of anilines is 2. The maximum atomic E-state index is 14.1. The number of ether oxygens (including phenoxy) is 1. The molecule has 0 aliphatic carbocycles. The first-order valence-corrected chi connectivity index (χ1v) is 11.2. The van der Waals surface area contributed by atoms with Crippen LogP contribution in [0, 0.1) is 17.7 Å². The number of halogens is 1. The fourth-order valence-corrected chi connectivity index (χ4v) is 4.76. The van der Waals surface area contributed by atoms with E-state index in [1.54, 1.807) is 12.1 Å². The third-order valence-electron chi connectivity index (χ3n) is 6.52. The van der Waals surface area contributed by atoms with Gasteiger partial charge in [0.15, 0.2) is 0 Å². The predicted octanol–water partition coefficient (Wildman–Crippen LogP) is 4.07. The summed E-state index contributed by atoms with van der Waals surface area (Å²) in [5.74, 6) is 1.23. The lowest BCUT2D eigenvalue weighted by Crippen LogP contribution is -2.38. The summed E-state index contributed by atoms with van der Waals surface area (Å²) in [7, 11) is 0. The molecule has 2 heterocycles. The number of likely N-dealkylation sites (tertiary alicyclic amines) is 1. The zero-order valence-corrected chi connectivity index (χ0v) is 17.7. The average molecular weight is 406 g/mol. The Morgan fingerprint density at radius 3 is 2.31 bits per heavy atom. The van der Waals surface area contributed by atoms with E-state index in [0.717, 1.165) is 50.9 Å². The van der Waals surface area contributed by atoms with E-state index in [9.17, 15) is 9.18 Å². The third-order valence-corrected chi connectivity index (χ3v) is 6.52. The third kappa shape index (κ3) is 6.59. The maximum Gasteiger partial charge on any atom is 0.320 e.